The molecule has 0 aromatic carbocycles. The number of rotatable bonds is 5. The van der Waals surface area contributed by atoms with Gasteiger partial charge in [-0.2, -0.15) is 0 Å². The van der Waals surface area contributed by atoms with E-state index >= 15 is 0 Å². The second kappa shape index (κ2) is 6.82. The molecule has 1 N–H and O–H groups in total. The lowest BCUT2D eigenvalue weighted by Gasteiger charge is -2.29. The molecule has 1 saturated carbocycles. The molecule has 3 rings (SSSR count). The van der Waals surface area contributed by atoms with Crippen LogP contribution in [0.25, 0.3) is 0 Å². The summed E-state index contributed by atoms with van der Waals surface area (Å²) in [5.41, 5.74) is 0. The van der Waals surface area contributed by atoms with Crippen molar-refractivity contribution in [3.63, 3.8) is 0 Å². The predicted octanol–water partition coefficient (Wildman–Crippen LogP) is 2.62. The minimum atomic E-state index is -0.614. The van der Waals surface area contributed by atoms with Crippen molar-refractivity contribution in [1.29, 1.82) is 0 Å². The van der Waals surface area contributed by atoms with E-state index in [4.69, 9.17) is 0 Å². The van der Waals surface area contributed by atoms with Gasteiger partial charge in [-0.05, 0) is 18.8 Å². The van der Waals surface area contributed by atoms with Crippen LogP contribution in [0.3, 0.4) is 0 Å². The van der Waals surface area contributed by atoms with Gasteiger partial charge in [0.05, 0.1) is 12.5 Å². The zero-order chi connectivity index (χ0) is 15.5. The molecule has 2 atom stereocenters. The first-order valence-electron chi connectivity index (χ1n) is 8.64. The van der Waals surface area contributed by atoms with Crippen LogP contribution in [0.2, 0.25) is 0 Å². The molecule has 1 aliphatic heterocycles. The summed E-state index contributed by atoms with van der Waals surface area (Å²) in [6.45, 7) is 5.39. The fourth-order valence-electron chi connectivity index (χ4n) is 4.32. The Balaban J connectivity index is 1.68. The molecule has 0 radical (unpaired) electrons. The van der Waals surface area contributed by atoms with Crippen LogP contribution in [-0.2, 0) is 17.9 Å². The molecule has 2 fully saturated rings. The van der Waals surface area contributed by atoms with Gasteiger partial charge >= 0.3 is 5.97 Å². The number of carboxylic acid groups (broad SMARTS) is 1. The number of aryl methyl sites for hydroxylation is 1. The maximum absolute atomic E-state index is 11.7. The standard InChI is InChI=1S/C17H27N3O2/c1-2-20-9-8-18-16(20)12-19-10-14(15(11-19)17(21)22)13-6-4-3-5-7-13/h8-9,13-15H,2-7,10-12H2,1H3,(H,21,22)/t14-,15+/m1/s1. The van der Waals surface area contributed by atoms with Crippen molar-refractivity contribution in [2.24, 2.45) is 17.8 Å². The Bertz CT molecular complexity index is 508. The number of imidazole rings is 1. The largest absolute Gasteiger partial charge is 0.481 e. The Hall–Kier alpha value is -1.36. The smallest absolute Gasteiger partial charge is 0.308 e. The van der Waals surface area contributed by atoms with Crippen LogP contribution in [-0.4, -0.2) is 38.6 Å². The zero-order valence-electron chi connectivity index (χ0n) is 13.4. The van der Waals surface area contributed by atoms with E-state index in [-0.39, 0.29) is 5.92 Å². The highest BCUT2D eigenvalue weighted by molar-refractivity contribution is 5.71. The van der Waals surface area contributed by atoms with Gasteiger partial charge in [-0.15, -0.1) is 0 Å². The van der Waals surface area contributed by atoms with Crippen molar-refractivity contribution in [3.8, 4) is 0 Å². The summed E-state index contributed by atoms with van der Waals surface area (Å²) in [6.07, 6.45) is 10.1. The number of hydrogen-bond acceptors (Lipinski definition) is 3. The van der Waals surface area contributed by atoms with Gasteiger partial charge in [-0.3, -0.25) is 9.69 Å². The van der Waals surface area contributed by atoms with E-state index in [1.165, 1.54) is 32.1 Å². The summed E-state index contributed by atoms with van der Waals surface area (Å²) in [4.78, 5) is 18.4. The second-order valence-corrected chi connectivity index (χ2v) is 6.83. The lowest BCUT2D eigenvalue weighted by Crippen LogP contribution is -2.29. The summed E-state index contributed by atoms with van der Waals surface area (Å²) in [7, 11) is 0. The molecule has 1 saturated heterocycles. The Morgan fingerprint density at radius 1 is 1.32 bits per heavy atom. The Morgan fingerprint density at radius 2 is 2.09 bits per heavy atom. The quantitative estimate of drug-likeness (QED) is 0.908. The Morgan fingerprint density at radius 3 is 2.77 bits per heavy atom. The zero-order valence-corrected chi connectivity index (χ0v) is 13.4. The number of aliphatic carboxylic acids is 1. The van der Waals surface area contributed by atoms with Gasteiger partial charge in [0.15, 0.2) is 0 Å². The SMILES string of the molecule is CCn1ccnc1CN1C[C@H](C(=O)O)[C@@H](C2CCCCC2)C1. The molecule has 0 amide bonds. The highest BCUT2D eigenvalue weighted by Gasteiger charge is 2.42. The fraction of sp³-hybridized carbons (Fsp3) is 0.765. The maximum atomic E-state index is 11.7. The van der Waals surface area contributed by atoms with Crippen LogP contribution < -0.4 is 0 Å². The summed E-state index contributed by atoms with van der Waals surface area (Å²) < 4.78 is 2.14. The molecule has 5 nitrogen and oxygen atoms in total. The minimum Gasteiger partial charge on any atom is -0.481 e. The molecule has 22 heavy (non-hydrogen) atoms. The summed E-state index contributed by atoms with van der Waals surface area (Å²) in [5.74, 6) is 1.16. The van der Waals surface area contributed by atoms with Gasteiger partial charge in [0.2, 0.25) is 0 Å². The van der Waals surface area contributed by atoms with Crippen LogP contribution in [0.1, 0.15) is 44.9 Å². The van der Waals surface area contributed by atoms with Crippen molar-refractivity contribution in [2.45, 2.75) is 52.1 Å². The normalized spacial score (nSPS) is 27.3. The molecule has 5 heteroatoms. The Labute approximate surface area is 132 Å². The molecular weight excluding hydrogens is 278 g/mol. The minimum absolute atomic E-state index is 0.201. The van der Waals surface area contributed by atoms with E-state index in [0.717, 1.165) is 25.5 Å². The molecule has 0 bridgehead atoms. The molecule has 2 heterocycles. The monoisotopic (exact) mass is 305 g/mol. The average Bonchev–Trinajstić information content (AvgIpc) is 3.15. The second-order valence-electron chi connectivity index (χ2n) is 6.83. The van der Waals surface area contributed by atoms with E-state index in [1.54, 1.807) is 0 Å². The van der Waals surface area contributed by atoms with Crippen LogP contribution in [0, 0.1) is 17.8 Å². The van der Waals surface area contributed by atoms with E-state index in [0.29, 0.717) is 18.4 Å². The maximum Gasteiger partial charge on any atom is 0.308 e. The topological polar surface area (TPSA) is 58.4 Å². The fourth-order valence-corrected chi connectivity index (χ4v) is 4.32. The average molecular weight is 305 g/mol. The lowest BCUT2D eigenvalue weighted by atomic mass is 9.75. The molecule has 122 valence electrons. The van der Waals surface area contributed by atoms with Gasteiger partial charge in [-0.25, -0.2) is 4.98 Å². The molecule has 0 spiro atoms. The number of nitrogens with zero attached hydrogens (tertiary/aromatic N) is 3. The van der Waals surface area contributed by atoms with Gasteiger partial charge in [0.25, 0.3) is 0 Å². The van der Waals surface area contributed by atoms with Crippen LogP contribution in [0.5, 0.6) is 0 Å². The molecule has 1 aromatic heterocycles. The van der Waals surface area contributed by atoms with Crippen molar-refractivity contribution in [2.75, 3.05) is 13.1 Å². The van der Waals surface area contributed by atoms with E-state index in [2.05, 4.69) is 21.4 Å². The Kier molecular flexibility index (Phi) is 4.81. The molecule has 0 unspecified atom stereocenters. The first-order chi connectivity index (χ1) is 10.7. The van der Waals surface area contributed by atoms with Crippen molar-refractivity contribution in [3.05, 3.63) is 18.2 Å². The van der Waals surface area contributed by atoms with Crippen molar-refractivity contribution < 1.29 is 9.90 Å². The number of carboxylic acids is 1. The number of aromatic nitrogens is 2. The van der Waals surface area contributed by atoms with Gasteiger partial charge in [0, 0.05) is 32.0 Å². The summed E-state index contributed by atoms with van der Waals surface area (Å²) in [6, 6.07) is 0. The third-order valence-corrected chi connectivity index (χ3v) is 5.52. The predicted molar refractivity (Wildman–Crippen MR) is 84.4 cm³/mol. The lowest BCUT2D eigenvalue weighted by molar-refractivity contribution is -0.143. The molecule has 2 aliphatic rings. The first-order valence-corrected chi connectivity index (χ1v) is 8.64. The van der Waals surface area contributed by atoms with Crippen molar-refractivity contribution >= 4 is 5.97 Å². The molecule has 1 aromatic rings. The van der Waals surface area contributed by atoms with E-state index in [1.807, 2.05) is 12.4 Å². The van der Waals surface area contributed by atoms with Gasteiger partial charge < -0.3 is 9.67 Å². The highest BCUT2D eigenvalue weighted by atomic mass is 16.4. The summed E-state index contributed by atoms with van der Waals surface area (Å²) in [5, 5.41) is 9.61. The van der Waals surface area contributed by atoms with Crippen molar-refractivity contribution in [1.82, 2.24) is 14.5 Å². The van der Waals surface area contributed by atoms with Crippen LogP contribution >= 0.6 is 0 Å². The van der Waals surface area contributed by atoms with E-state index < -0.39 is 5.97 Å². The number of hydrogen-bond donors (Lipinski definition) is 1. The summed E-state index contributed by atoms with van der Waals surface area (Å²) >= 11 is 0. The number of likely N-dealkylation sites (tertiary alicyclic amines) is 1. The van der Waals surface area contributed by atoms with Crippen LogP contribution in [0.4, 0.5) is 0 Å². The highest BCUT2D eigenvalue weighted by Crippen LogP contribution is 2.38. The first kappa shape index (κ1) is 15.5. The van der Waals surface area contributed by atoms with E-state index in [9.17, 15) is 9.90 Å². The van der Waals surface area contributed by atoms with Gasteiger partial charge in [0.1, 0.15) is 5.82 Å². The molecular formula is C17H27N3O2. The third-order valence-electron chi connectivity index (χ3n) is 5.52. The van der Waals surface area contributed by atoms with Crippen LogP contribution in [0.15, 0.2) is 12.4 Å². The molecule has 1 aliphatic carbocycles. The third kappa shape index (κ3) is 3.19. The van der Waals surface area contributed by atoms with Gasteiger partial charge in [-0.1, -0.05) is 32.1 Å². The number of carbonyl (C=O) groups is 1.